The van der Waals surface area contributed by atoms with Gasteiger partial charge in [-0.1, -0.05) is 41.9 Å². The van der Waals surface area contributed by atoms with Crippen LogP contribution in [0.2, 0.25) is 5.15 Å². The fourth-order valence-corrected chi connectivity index (χ4v) is 3.47. The molecule has 23 heavy (non-hydrogen) atoms. The van der Waals surface area contributed by atoms with E-state index in [1.807, 2.05) is 18.2 Å². The Morgan fingerprint density at radius 2 is 2.04 bits per heavy atom. The molecule has 1 heterocycles. The summed E-state index contributed by atoms with van der Waals surface area (Å²) in [5, 5.41) is 7.15. The Bertz CT molecular complexity index is 652. The van der Waals surface area contributed by atoms with Gasteiger partial charge in [-0.05, 0) is 29.9 Å². The van der Waals surface area contributed by atoms with Crippen LogP contribution in [0.4, 0.5) is 5.69 Å². The van der Waals surface area contributed by atoms with Crippen LogP contribution in [0.25, 0.3) is 0 Å². The second-order valence-corrected chi connectivity index (χ2v) is 6.78. The van der Waals surface area contributed by atoms with Crippen LogP contribution in [0.1, 0.15) is 16.5 Å². The van der Waals surface area contributed by atoms with E-state index in [0.717, 1.165) is 23.6 Å². The quantitative estimate of drug-likeness (QED) is 0.414. The van der Waals surface area contributed by atoms with Gasteiger partial charge in [0.2, 0.25) is 0 Å². The van der Waals surface area contributed by atoms with Gasteiger partial charge in [0.1, 0.15) is 5.15 Å². The highest BCUT2D eigenvalue weighted by atomic mass is 35.5. The van der Waals surface area contributed by atoms with Gasteiger partial charge >= 0.3 is 0 Å². The van der Waals surface area contributed by atoms with E-state index in [1.54, 1.807) is 30.9 Å². The number of benzene rings is 1. The second kappa shape index (κ2) is 8.96. The summed E-state index contributed by atoms with van der Waals surface area (Å²) in [5.41, 5.74) is 8.71. The maximum Gasteiger partial charge on any atom is 0.166 e. The SMILES string of the molecule is CNC(=S)NCCSC(c1ccccc1)c1nc(Cl)ccc1N. The van der Waals surface area contributed by atoms with Crippen LogP contribution in [-0.4, -0.2) is 29.4 Å². The van der Waals surface area contributed by atoms with Crippen molar-refractivity contribution in [2.45, 2.75) is 5.25 Å². The van der Waals surface area contributed by atoms with Crippen molar-refractivity contribution in [2.24, 2.45) is 0 Å². The van der Waals surface area contributed by atoms with Gasteiger partial charge in [-0.25, -0.2) is 4.98 Å². The van der Waals surface area contributed by atoms with Crippen LogP contribution in [0.5, 0.6) is 0 Å². The van der Waals surface area contributed by atoms with Gasteiger partial charge in [0.05, 0.1) is 16.6 Å². The lowest BCUT2D eigenvalue weighted by Crippen LogP contribution is -2.33. The molecule has 7 heteroatoms. The molecule has 1 aromatic heterocycles. The van der Waals surface area contributed by atoms with Crippen molar-refractivity contribution in [3.8, 4) is 0 Å². The standard InChI is InChI=1S/C16H19ClN4S2/c1-19-16(22)20-9-10-23-15(11-5-3-2-4-6-11)14-12(18)7-8-13(17)21-14/h2-8,15H,9-10,18H2,1H3,(H2,19,20,22). The summed E-state index contributed by atoms with van der Waals surface area (Å²) in [4.78, 5) is 4.44. The van der Waals surface area contributed by atoms with Crippen LogP contribution in [0.15, 0.2) is 42.5 Å². The third-order valence-corrected chi connectivity index (χ3v) is 5.00. The summed E-state index contributed by atoms with van der Waals surface area (Å²) in [6.45, 7) is 0.758. The zero-order valence-corrected chi connectivity index (χ0v) is 15.1. The number of nitrogens with two attached hydrogens (primary N) is 1. The van der Waals surface area contributed by atoms with Crippen LogP contribution in [-0.2, 0) is 0 Å². The monoisotopic (exact) mass is 366 g/mol. The van der Waals surface area contributed by atoms with E-state index in [4.69, 9.17) is 29.6 Å². The summed E-state index contributed by atoms with van der Waals surface area (Å²) in [6, 6.07) is 13.7. The molecule has 0 radical (unpaired) electrons. The lowest BCUT2D eigenvalue weighted by molar-refractivity contribution is 0.938. The number of aromatic nitrogens is 1. The molecule has 0 aliphatic rings. The van der Waals surface area contributed by atoms with Gasteiger partial charge in [0.15, 0.2) is 5.11 Å². The van der Waals surface area contributed by atoms with Crippen LogP contribution < -0.4 is 16.4 Å². The number of hydrogen-bond acceptors (Lipinski definition) is 4. The van der Waals surface area contributed by atoms with Crippen molar-refractivity contribution < 1.29 is 0 Å². The number of nitrogen functional groups attached to an aromatic ring is 1. The first-order valence-electron chi connectivity index (χ1n) is 7.16. The van der Waals surface area contributed by atoms with Gasteiger partial charge in [-0.2, -0.15) is 0 Å². The smallest absolute Gasteiger partial charge is 0.166 e. The second-order valence-electron chi connectivity index (χ2n) is 4.78. The predicted octanol–water partition coefficient (Wildman–Crippen LogP) is 3.23. The number of pyridine rings is 1. The van der Waals surface area contributed by atoms with Crippen molar-refractivity contribution in [1.82, 2.24) is 15.6 Å². The first-order chi connectivity index (χ1) is 11.1. The van der Waals surface area contributed by atoms with E-state index in [9.17, 15) is 0 Å². The molecule has 2 aromatic rings. The molecule has 4 N–H and O–H groups in total. The van der Waals surface area contributed by atoms with E-state index in [0.29, 0.717) is 16.0 Å². The molecule has 0 aliphatic heterocycles. The largest absolute Gasteiger partial charge is 0.397 e. The minimum atomic E-state index is 0.0276. The lowest BCUT2D eigenvalue weighted by Gasteiger charge is -2.19. The van der Waals surface area contributed by atoms with Crippen LogP contribution in [0.3, 0.4) is 0 Å². The highest BCUT2D eigenvalue weighted by molar-refractivity contribution is 7.99. The Morgan fingerprint density at radius 3 is 2.74 bits per heavy atom. The molecule has 0 aliphatic carbocycles. The average Bonchev–Trinajstić information content (AvgIpc) is 2.58. The number of anilines is 1. The van der Waals surface area contributed by atoms with E-state index < -0.39 is 0 Å². The first kappa shape index (κ1) is 17.8. The van der Waals surface area contributed by atoms with Crippen molar-refractivity contribution in [3.63, 3.8) is 0 Å². The Kier molecular flexibility index (Phi) is 6.95. The third-order valence-electron chi connectivity index (χ3n) is 3.17. The van der Waals surface area contributed by atoms with Crippen LogP contribution >= 0.6 is 35.6 Å². The Hall–Kier alpha value is -1.50. The van der Waals surface area contributed by atoms with Crippen LogP contribution in [0, 0.1) is 0 Å². The molecule has 122 valence electrons. The Balaban J connectivity index is 2.16. The predicted molar refractivity (Wildman–Crippen MR) is 104 cm³/mol. The summed E-state index contributed by atoms with van der Waals surface area (Å²) in [6.07, 6.45) is 0. The van der Waals surface area contributed by atoms with Crippen molar-refractivity contribution in [1.29, 1.82) is 0 Å². The number of nitrogens with one attached hydrogen (secondary N) is 2. The zero-order chi connectivity index (χ0) is 16.7. The molecule has 2 rings (SSSR count). The molecular weight excluding hydrogens is 348 g/mol. The lowest BCUT2D eigenvalue weighted by atomic mass is 10.1. The minimum absolute atomic E-state index is 0.0276. The summed E-state index contributed by atoms with van der Waals surface area (Å²) >= 11 is 12.9. The van der Waals surface area contributed by atoms with Crippen molar-refractivity contribution >= 4 is 46.4 Å². The molecule has 0 bridgehead atoms. The number of thiocarbonyl (C=S) groups is 1. The zero-order valence-electron chi connectivity index (χ0n) is 12.8. The number of hydrogen-bond donors (Lipinski definition) is 3. The molecule has 1 aromatic carbocycles. The number of halogens is 1. The van der Waals surface area contributed by atoms with E-state index in [-0.39, 0.29) is 5.25 Å². The van der Waals surface area contributed by atoms with E-state index in [1.165, 1.54) is 0 Å². The maximum absolute atomic E-state index is 6.12. The topological polar surface area (TPSA) is 63.0 Å². The Labute approximate surface area is 151 Å². The molecule has 0 amide bonds. The minimum Gasteiger partial charge on any atom is -0.397 e. The number of nitrogens with zero attached hydrogens (tertiary/aromatic N) is 1. The van der Waals surface area contributed by atoms with Crippen molar-refractivity contribution in [3.05, 3.63) is 58.9 Å². The van der Waals surface area contributed by atoms with E-state index >= 15 is 0 Å². The van der Waals surface area contributed by atoms with Gasteiger partial charge in [0, 0.05) is 19.3 Å². The molecule has 1 atom stereocenters. The van der Waals surface area contributed by atoms with Gasteiger partial charge < -0.3 is 16.4 Å². The molecule has 0 saturated heterocycles. The van der Waals surface area contributed by atoms with Gasteiger partial charge in [0.25, 0.3) is 0 Å². The highest BCUT2D eigenvalue weighted by Gasteiger charge is 2.19. The molecular formula is C16H19ClN4S2. The summed E-state index contributed by atoms with van der Waals surface area (Å²) in [7, 11) is 1.80. The third kappa shape index (κ3) is 5.27. The fourth-order valence-electron chi connectivity index (χ4n) is 2.06. The summed E-state index contributed by atoms with van der Waals surface area (Å²) < 4.78 is 0. The fraction of sp³-hybridized carbons (Fsp3) is 0.250. The number of thioether (sulfide) groups is 1. The van der Waals surface area contributed by atoms with Crippen molar-refractivity contribution in [2.75, 3.05) is 25.1 Å². The highest BCUT2D eigenvalue weighted by Crippen LogP contribution is 2.37. The van der Waals surface area contributed by atoms with Gasteiger partial charge in [-0.3, -0.25) is 0 Å². The molecule has 0 fully saturated rings. The Morgan fingerprint density at radius 1 is 1.30 bits per heavy atom. The normalized spacial score (nSPS) is 11.7. The molecule has 0 saturated carbocycles. The number of rotatable bonds is 6. The van der Waals surface area contributed by atoms with Gasteiger partial charge in [-0.15, -0.1) is 11.8 Å². The molecule has 0 spiro atoms. The first-order valence-corrected chi connectivity index (χ1v) is 8.99. The maximum atomic E-state index is 6.12. The van der Waals surface area contributed by atoms with E-state index in [2.05, 4.69) is 27.8 Å². The molecule has 1 unspecified atom stereocenters. The summed E-state index contributed by atoms with van der Waals surface area (Å²) in [5.74, 6) is 0.856. The average molecular weight is 367 g/mol. The molecule has 4 nitrogen and oxygen atoms in total.